The highest BCUT2D eigenvalue weighted by Crippen LogP contribution is 2.28. The first-order chi connectivity index (χ1) is 17.6. The number of hydrogen-bond acceptors (Lipinski definition) is 6. The number of hydrogen-bond donors (Lipinski definition) is 2. The Labute approximate surface area is 219 Å². The van der Waals surface area contributed by atoms with Crippen LogP contribution in [0.5, 0.6) is 0 Å². The summed E-state index contributed by atoms with van der Waals surface area (Å²) in [5.74, 6) is 1.30. The summed E-state index contributed by atoms with van der Waals surface area (Å²) in [4.78, 5) is 30.0. The van der Waals surface area contributed by atoms with E-state index in [0.29, 0.717) is 18.0 Å². The van der Waals surface area contributed by atoms with Gasteiger partial charge in [-0.2, -0.15) is 0 Å². The van der Waals surface area contributed by atoms with Crippen molar-refractivity contribution in [2.75, 3.05) is 13.1 Å². The zero-order chi connectivity index (χ0) is 26.7. The molecule has 8 nitrogen and oxygen atoms in total. The van der Waals surface area contributed by atoms with Gasteiger partial charge in [-0.3, -0.25) is 9.59 Å². The molecule has 1 aromatic carbocycles. The van der Waals surface area contributed by atoms with Crippen LogP contribution in [0, 0.1) is 18.8 Å². The van der Waals surface area contributed by atoms with Crippen molar-refractivity contribution in [3.8, 4) is 11.4 Å². The molecule has 3 aromatic rings. The van der Waals surface area contributed by atoms with Crippen LogP contribution < -0.4 is 16.2 Å². The van der Waals surface area contributed by atoms with E-state index in [1.54, 1.807) is 11.6 Å². The highest BCUT2D eigenvalue weighted by Gasteiger charge is 2.24. The van der Waals surface area contributed by atoms with E-state index < -0.39 is 0 Å². The molecule has 2 N–H and O–H groups in total. The molecule has 0 spiro atoms. The number of carbonyl (C=O) groups is 1. The second-order valence-corrected chi connectivity index (χ2v) is 11.0. The normalized spacial score (nSPS) is 17.0. The number of rotatable bonds is 9. The van der Waals surface area contributed by atoms with E-state index in [9.17, 15) is 9.59 Å². The quantitative estimate of drug-likeness (QED) is 0.429. The second-order valence-electron chi connectivity index (χ2n) is 11.0. The van der Waals surface area contributed by atoms with Crippen LogP contribution in [-0.4, -0.2) is 45.3 Å². The van der Waals surface area contributed by atoms with Gasteiger partial charge in [-0.15, -0.1) is 0 Å². The Morgan fingerprint density at radius 2 is 2.03 bits per heavy atom. The second kappa shape index (κ2) is 11.6. The minimum absolute atomic E-state index is 0.00644. The standard InChI is InChI=1S/C29H41N5O3/c1-18(2)26(29(36)37-19(3)4)31-15-21-9-10-25-24(13-21)32-27(23-12-20(5)28(35)33(6)17-23)34(25)16-22-8-7-11-30-14-22/h9-10,12-13,17-19,22,26,30-31H,7-8,11,14-16H2,1-6H3/t22-,26+/m1/s1. The molecular weight excluding hydrogens is 466 g/mol. The Hall–Kier alpha value is -2.97. The number of esters is 1. The third kappa shape index (κ3) is 6.30. The van der Waals surface area contributed by atoms with E-state index >= 15 is 0 Å². The SMILES string of the molecule is Cc1cc(-c2nc3cc(CN[C@H](C(=O)OC(C)C)C(C)C)ccc3n2C[C@@H]2CCCNC2)cn(C)c1=O. The number of ether oxygens (including phenoxy) is 1. The molecule has 0 saturated carbocycles. The molecule has 200 valence electrons. The van der Waals surface area contributed by atoms with Crippen molar-refractivity contribution in [3.63, 3.8) is 0 Å². The molecule has 1 fully saturated rings. The summed E-state index contributed by atoms with van der Waals surface area (Å²) in [5, 5.41) is 6.91. The van der Waals surface area contributed by atoms with E-state index in [0.717, 1.165) is 47.6 Å². The summed E-state index contributed by atoms with van der Waals surface area (Å²) in [7, 11) is 1.79. The van der Waals surface area contributed by atoms with Crippen molar-refractivity contribution in [1.82, 2.24) is 24.8 Å². The summed E-state index contributed by atoms with van der Waals surface area (Å²) >= 11 is 0. The average molecular weight is 508 g/mol. The number of pyridine rings is 1. The van der Waals surface area contributed by atoms with Gasteiger partial charge in [0, 0.05) is 37.5 Å². The lowest BCUT2D eigenvalue weighted by atomic mass is 9.99. The maximum atomic E-state index is 12.6. The fraction of sp³-hybridized carbons (Fsp3) is 0.552. The molecule has 1 aliphatic rings. The van der Waals surface area contributed by atoms with Gasteiger partial charge in [-0.05, 0) is 82.3 Å². The van der Waals surface area contributed by atoms with Crippen LogP contribution in [0.1, 0.15) is 51.7 Å². The van der Waals surface area contributed by atoms with Gasteiger partial charge in [0.25, 0.3) is 5.56 Å². The third-order valence-corrected chi connectivity index (χ3v) is 7.07. The molecule has 1 aliphatic heterocycles. The minimum Gasteiger partial charge on any atom is -0.462 e. The van der Waals surface area contributed by atoms with Crippen molar-refractivity contribution in [1.29, 1.82) is 0 Å². The topological polar surface area (TPSA) is 90.2 Å². The van der Waals surface area contributed by atoms with E-state index in [2.05, 4.69) is 33.4 Å². The molecular formula is C29H41N5O3. The summed E-state index contributed by atoms with van der Waals surface area (Å²) in [6.45, 7) is 13.1. The number of imidazole rings is 1. The average Bonchev–Trinajstić information content (AvgIpc) is 3.19. The number of nitrogens with one attached hydrogen (secondary N) is 2. The zero-order valence-electron chi connectivity index (χ0n) is 23.0. The van der Waals surface area contributed by atoms with Gasteiger partial charge >= 0.3 is 5.97 Å². The summed E-state index contributed by atoms with van der Waals surface area (Å²) in [6.07, 6.45) is 4.10. The minimum atomic E-state index is -0.376. The van der Waals surface area contributed by atoms with Gasteiger partial charge in [0.2, 0.25) is 0 Å². The van der Waals surface area contributed by atoms with Gasteiger partial charge < -0.3 is 24.5 Å². The number of piperidine rings is 1. The lowest BCUT2D eigenvalue weighted by Gasteiger charge is -2.24. The molecule has 8 heteroatoms. The number of carbonyl (C=O) groups excluding carboxylic acids is 1. The number of aromatic nitrogens is 3. The Balaban J connectivity index is 1.67. The van der Waals surface area contributed by atoms with Crippen molar-refractivity contribution in [2.24, 2.45) is 18.9 Å². The molecule has 2 aromatic heterocycles. The maximum Gasteiger partial charge on any atom is 0.323 e. The van der Waals surface area contributed by atoms with Crippen LogP contribution in [0.3, 0.4) is 0 Å². The van der Waals surface area contributed by atoms with Crippen molar-refractivity contribution in [2.45, 2.75) is 72.7 Å². The van der Waals surface area contributed by atoms with E-state index in [1.807, 2.05) is 46.9 Å². The van der Waals surface area contributed by atoms with Gasteiger partial charge in [-0.1, -0.05) is 19.9 Å². The van der Waals surface area contributed by atoms with Crippen LogP contribution >= 0.6 is 0 Å². The predicted molar refractivity (Wildman–Crippen MR) is 147 cm³/mol. The monoisotopic (exact) mass is 507 g/mol. The van der Waals surface area contributed by atoms with Crippen LogP contribution in [0.25, 0.3) is 22.4 Å². The summed E-state index contributed by atoms with van der Waals surface area (Å²) in [5.41, 5.74) is 4.70. The first kappa shape index (κ1) is 27.1. The lowest BCUT2D eigenvalue weighted by Crippen LogP contribution is -2.42. The Morgan fingerprint density at radius 3 is 2.68 bits per heavy atom. The fourth-order valence-electron chi connectivity index (χ4n) is 5.15. The molecule has 0 radical (unpaired) electrons. The molecule has 0 aliphatic carbocycles. The molecule has 0 bridgehead atoms. The molecule has 37 heavy (non-hydrogen) atoms. The first-order valence-electron chi connectivity index (χ1n) is 13.5. The van der Waals surface area contributed by atoms with Gasteiger partial charge in [0.1, 0.15) is 11.9 Å². The maximum absolute atomic E-state index is 12.6. The molecule has 1 saturated heterocycles. The summed E-state index contributed by atoms with van der Waals surface area (Å²) in [6, 6.07) is 7.90. The first-order valence-corrected chi connectivity index (χ1v) is 13.5. The Morgan fingerprint density at radius 1 is 1.24 bits per heavy atom. The van der Waals surface area contributed by atoms with Gasteiger partial charge in [-0.25, -0.2) is 4.98 Å². The van der Waals surface area contributed by atoms with E-state index in [-0.39, 0.29) is 29.6 Å². The molecule has 2 atom stereocenters. The fourth-order valence-corrected chi connectivity index (χ4v) is 5.15. The molecule has 0 unspecified atom stereocenters. The van der Waals surface area contributed by atoms with Crippen LogP contribution in [0.4, 0.5) is 0 Å². The van der Waals surface area contributed by atoms with Crippen molar-refractivity contribution >= 4 is 17.0 Å². The van der Waals surface area contributed by atoms with E-state index in [4.69, 9.17) is 9.72 Å². The number of aryl methyl sites for hydroxylation is 2. The van der Waals surface area contributed by atoms with Crippen LogP contribution in [-0.2, 0) is 29.7 Å². The van der Waals surface area contributed by atoms with Gasteiger partial charge in [0.15, 0.2) is 0 Å². The highest BCUT2D eigenvalue weighted by atomic mass is 16.5. The zero-order valence-corrected chi connectivity index (χ0v) is 23.0. The highest BCUT2D eigenvalue weighted by molar-refractivity contribution is 5.81. The third-order valence-electron chi connectivity index (χ3n) is 7.07. The van der Waals surface area contributed by atoms with Crippen molar-refractivity contribution < 1.29 is 9.53 Å². The number of nitrogens with zero attached hydrogens (tertiary/aromatic N) is 3. The van der Waals surface area contributed by atoms with Crippen LogP contribution in [0.15, 0.2) is 35.3 Å². The Bertz CT molecular complexity index is 1270. The molecule has 4 rings (SSSR count). The van der Waals surface area contributed by atoms with Crippen LogP contribution in [0.2, 0.25) is 0 Å². The summed E-state index contributed by atoms with van der Waals surface area (Å²) < 4.78 is 9.39. The lowest BCUT2D eigenvalue weighted by molar-refractivity contribution is -0.151. The van der Waals surface area contributed by atoms with Gasteiger partial charge in [0.05, 0.1) is 17.1 Å². The largest absolute Gasteiger partial charge is 0.462 e. The molecule has 3 heterocycles. The predicted octanol–water partition coefficient (Wildman–Crippen LogP) is 3.78. The van der Waals surface area contributed by atoms with Crippen molar-refractivity contribution in [3.05, 3.63) is 51.9 Å². The van der Waals surface area contributed by atoms with E-state index in [1.165, 1.54) is 12.8 Å². The Kier molecular flexibility index (Phi) is 8.49. The number of benzene rings is 1. The smallest absolute Gasteiger partial charge is 0.323 e. The number of fused-ring (bicyclic) bond motifs is 1. The molecule has 0 amide bonds.